The molecule has 166 valence electrons. The van der Waals surface area contributed by atoms with Gasteiger partial charge in [-0.3, -0.25) is 9.59 Å². The van der Waals surface area contributed by atoms with Gasteiger partial charge in [0.1, 0.15) is 17.8 Å². The number of carbonyl (C=O) groups excluding carboxylic acids is 2. The molecule has 0 bridgehead atoms. The molecule has 0 amide bonds. The second-order valence-corrected chi connectivity index (χ2v) is 9.89. The molecular weight excluding hydrogens is 425 g/mol. The molecule has 1 fully saturated rings. The summed E-state index contributed by atoms with van der Waals surface area (Å²) >= 11 is 1.64. The summed E-state index contributed by atoms with van der Waals surface area (Å²) in [6, 6.07) is 10.4. The molecule has 2 heterocycles. The zero-order valence-corrected chi connectivity index (χ0v) is 18.6. The minimum Gasteiger partial charge on any atom is -0.462 e. The molecule has 1 N–H and O–H groups in total. The number of nitrogens with one attached hydrogen (secondary N) is 1. The summed E-state index contributed by atoms with van der Waals surface area (Å²) in [5.41, 5.74) is 2.07. The predicted molar refractivity (Wildman–Crippen MR) is 122 cm³/mol. The van der Waals surface area contributed by atoms with Gasteiger partial charge in [-0.05, 0) is 55.2 Å². The fourth-order valence-corrected chi connectivity index (χ4v) is 6.19. The molecule has 0 radical (unpaired) electrons. The standard InChI is InChI=1S/C26H26FNO3S/c1-15-23(26(30)31-17-7-2-3-8-17)24(18-9-4-5-10-19(18)27)25-20(28-15)13-16(14-21(25)29)22-11-6-12-32-22/h4-6,9-12,16-17,23-24,28H,1-3,7-8,13-14H2. The second-order valence-electron chi connectivity index (χ2n) is 8.91. The highest BCUT2D eigenvalue weighted by atomic mass is 32.1. The number of Topliss-reactive ketones (excluding diaryl/α,β-unsaturated/α-hetero) is 1. The Bertz CT molecular complexity index is 1080. The van der Waals surface area contributed by atoms with Crippen LogP contribution in [0.4, 0.5) is 4.39 Å². The molecule has 2 aliphatic carbocycles. The van der Waals surface area contributed by atoms with Crippen LogP contribution in [0.3, 0.4) is 0 Å². The largest absolute Gasteiger partial charge is 0.462 e. The predicted octanol–water partition coefficient (Wildman–Crippen LogP) is 5.59. The summed E-state index contributed by atoms with van der Waals surface area (Å²) in [4.78, 5) is 27.9. The zero-order valence-electron chi connectivity index (χ0n) is 17.8. The first-order valence-corrected chi connectivity index (χ1v) is 12.1. The SMILES string of the molecule is C=C1NC2=C(C(=O)CC(c3cccs3)C2)C(c2ccccc2F)C1C(=O)OC1CCCC1. The normalized spacial score (nSPS) is 26.1. The average molecular weight is 452 g/mol. The third-order valence-electron chi connectivity index (χ3n) is 6.86. The molecule has 2 aromatic rings. The van der Waals surface area contributed by atoms with Crippen molar-refractivity contribution in [1.29, 1.82) is 0 Å². The highest BCUT2D eigenvalue weighted by Gasteiger charge is 2.46. The average Bonchev–Trinajstić information content (AvgIpc) is 3.47. The van der Waals surface area contributed by atoms with Gasteiger partial charge in [0.25, 0.3) is 0 Å². The maximum Gasteiger partial charge on any atom is 0.316 e. The third kappa shape index (κ3) is 3.81. The summed E-state index contributed by atoms with van der Waals surface area (Å²) in [5, 5.41) is 5.27. The van der Waals surface area contributed by atoms with E-state index < -0.39 is 23.6 Å². The highest BCUT2D eigenvalue weighted by Crippen LogP contribution is 2.48. The van der Waals surface area contributed by atoms with Crippen molar-refractivity contribution in [3.8, 4) is 0 Å². The topological polar surface area (TPSA) is 55.4 Å². The van der Waals surface area contributed by atoms with Crippen molar-refractivity contribution in [2.75, 3.05) is 0 Å². The zero-order chi connectivity index (χ0) is 22.2. The van der Waals surface area contributed by atoms with E-state index in [0.29, 0.717) is 29.7 Å². The smallest absolute Gasteiger partial charge is 0.316 e. The summed E-state index contributed by atoms with van der Waals surface area (Å²) in [6.07, 6.45) is 4.64. The summed E-state index contributed by atoms with van der Waals surface area (Å²) in [7, 11) is 0. The lowest BCUT2D eigenvalue weighted by atomic mass is 9.69. The van der Waals surface area contributed by atoms with Gasteiger partial charge >= 0.3 is 5.97 Å². The van der Waals surface area contributed by atoms with Gasteiger partial charge in [0.2, 0.25) is 0 Å². The van der Waals surface area contributed by atoms with Crippen LogP contribution in [0.2, 0.25) is 0 Å². The lowest BCUT2D eigenvalue weighted by molar-refractivity contribution is -0.153. The number of esters is 1. The van der Waals surface area contributed by atoms with E-state index in [4.69, 9.17) is 4.74 Å². The second kappa shape index (κ2) is 8.66. The van der Waals surface area contributed by atoms with E-state index >= 15 is 0 Å². The molecule has 6 heteroatoms. The Morgan fingerprint density at radius 2 is 1.91 bits per heavy atom. The van der Waals surface area contributed by atoms with Crippen LogP contribution in [0.1, 0.15) is 60.8 Å². The molecule has 1 aromatic heterocycles. The van der Waals surface area contributed by atoms with Crippen molar-refractivity contribution in [2.24, 2.45) is 5.92 Å². The van der Waals surface area contributed by atoms with Gasteiger partial charge in [-0.15, -0.1) is 11.3 Å². The van der Waals surface area contributed by atoms with E-state index in [2.05, 4.69) is 11.9 Å². The molecular formula is C26H26FNO3S. The molecule has 5 rings (SSSR count). The Labute approximate surface area is 191 Å². The van der Waals surface area contributed by atoms with Gasteiger partial charge in [-0.25, -0.2) is 4.39 Å². The first kappa shape index (κ1) is 21.1. The molecule has 1 aromatic carbocycles. The molecule has 1 aliphatic heterocycles. The third-order valence-corrected chi connectivity index (χ3v) is 7.90. The van der Waals surface area contributed by atoms with E-state index in [1.165, 1.54) is 6.07 Å². The maximum absolute atomic E-state index is 15.0. The number of ether oxygens (including phenoxy) is 1. The van der Waals surface area contributed by atoms with Crippen LogP contribution >= 0.6 is 11.3 Å². The minimum atomic E-state index is -0.839. The van der Waals surface area contributed by atoms with Gasteiger partial charge in [-0.2, -0.15) is 0 Å². The van der Waals surface area contributed by atoms with Gasteiger partial charge in [0, 0.05) is 40.1 Å². The first-order valence-electron chi connectivity index (χ1n) is 11.2. The number of thiophene rings is 1. The maximum atomic E-state index is 15.0. The molecule has 1 saturated carbocycles. The van der Waals surface area contributed by atoms with Crippen molar-refractivity contribution in [2.45, 2.75) is 56.5 Å². The van der Waals surface area contributed by atoms with Crippen LogP contribution < -0.4 is 5.32 Å². The monoisotopic (exact) mass is 451 g/mol. The van der Waals surface area contributed by atoms with Crippen LogP contribution in [0.15, 0.2) is 65.3 Å². The lowest BCUT2D eigenvalue weighted by Gasteiger charge is -2.40. The van der Waals surface area contributed by atoms with Crippen LogP contribution in [-0.4, -0.2) is 17.9 Å². The van der Waals surface area contributed by atoms with E-state index in [1.807, 2.05) is 17.5 Å². The molecule has 32 heavy (non-hydrogen) atoms. The van der Waals surface area contributed by atoms with E-state index in [1.54, 1.807) is 29.5 Å². The molecule has 3 unspecified atom stereocenters. The Morgan fingerprint density at radius 1 is 1.12 bits per heavy atom. The van der Waals surface area contributed by atoms with E-state index in [-0.39, 0.29) is 17.8 Å². The number of halogens is 1. The van der Waals surface area contributed by atoms with Crippen molar-refractivity contribution in [1.82, 2.24) is 5.32 Å². The molecule has 3 aliphatic rings. The van der Waals surface area contributed by atoms with Gasteiger partial charge in [0.05, 0.1) is 0 Å². The van der Waals surface area contributed by atoms with Gasteiger partial charge in [-0.1, -0.05) is 30.8 Å². The van der Waals surface area contributed by atoms with Crippen LogP contribution in [0.25, 0.3) is 0 Å². The Hall–Kier alpha value is -2.73. The number of carbonyl (C=O) groups is 2. The van der Waals surface area contributed by atoms with E-state index in [0.717, 1.165) is 36.3 Å². The molecule has 4 nitrogen and oxygen atoms in total. The summed E-state index contributed by atoms with van der Waals surface area (Å²) in [5.74, 6) is -2.39. The Kier molecular flexibility index (Phi) is 5.72. The van der Waals surface area contributed by atoms with Crippen molar-refractivity contribution in [3.05, 3.63) is 81.6 Å². The van der Waals surface area contributed by atoms with E-state index in [9.17, 15) is 14.0 Å². The summed E-state index contributed by atoms with van der Waals surface area (Å²) in [6.45, 7) is 4.12. The van der Waals surface area contributed by atoms with Crippen molar-refractivity contribution >= 4 is 23.1 Å². The lowest BCUT2D eigenvalue weighted by Crippen LogP contribution is -2.43. The van der Waals surface area contributed by atoms with Gasteiger partial charge in [0.15, 0.2) is 5.78 Å². The highest BCUT2D eigenvalue weighted by molar-refractivity contribution is 7.10. The fourth-order valence-electron chi connectivity index (χ4n) is 5.36. The van der Waals surface area contributed by atoms with Crippen LogP contribution in [-0.2, 0) is 14.3 Å². The number of benzene rings is 1. The van der Waals surface area contributed by atoms with Crippen LogP contribution in [0, 0.1) is 11.7 Å². The molecule has 0 spiro atoms. The summed E-state index contributed by atoms with van der Waals surface area (Å²) < 4.78 is 20.8. The number of rotatable bonds is 4. The Balaban J connectivity index is 1.56. The quantitative estimate of drug-likeness (QED) is 0.616. The van der Waals surface area contributed by atoms with Gasteiger partial charge < -0.3 is 10.1 Å². The number of hydrogen-bond acceptors (Lipinski definition) is 5. The fraction of sp³-hybridized carbons (Fsp3) is 0.385. The van der Waals surface area contributed by atoms with Crippen LogP contribution in [0.5, 0.6) is 0 Å². The molecule has 0 saturated heterocycles. The van der Waals surface area contributed by atoms with Crippen molar-refractivity contribution < 1.29 is 18.7 Å². The Morgan fingerprint density at radius 3 is 2.62 bits per heavy atom. The first-order chi connectivity index (χ1) is 15.5. The number of hydrogen-bond donors (Lipinski definition) is 1. The minimum absolute atomic E-state index is 0.0448. The van der Waals surface area contributed by atoms with Crippen molar-refractivity contribution in [3.63, 3.8) is 0 Å². The number of allylic oxidation sites excluding steroid dienone is 2. The molecule has 3 atom stereocenters. The number of ketones is 1.